The topological polar surface area (TPSA) is 24.9 Å². The summed E-state index contributed by atoms with van der Waals surface area (Å²) in [7, 11) is 0. The highest BCUT2D eigenvalue weighted by atomic mass is 32.1. The summed E-state index contributed by atoms with van der Waals surface area (Å²) in [6.07, 6.45) is 1.05. The van der Waals surface area contributed by atoms with Crippen LogP contribution in [0.15, 0.2) is 0 Å². The average molecular weight is 198 g/mol. The van der Waals surface area contributed by atoms with Crippen LogP contribution in [-0.2, 0) is 6.42 Å². The molecule has 74 valence electrons. The Hall–Kier alpha value is -0.410. The van der Waals surface area contributed by atoms with Crippen LogP contribution in [0.5, 0.6) is 0 Å². The van der Waals surface area contributed by atoms with Crippen molar-refractivity contribution in [1.82, 2.24) is 10.3 Å². The molecule has 0 fully saturated rings. The SMILES string of the molecule is CCNC(C)c1sc(CC)nc1C. The van der Waals surface area contributed by atoms with Crippen LogP contribution >= 0.6 is 11.3 Å². The molecule has 0 saturated heterocycles. The Bertz CT molecular complexity index is 268. The summed E-state index contributed by atoms with van der Waals surface area (Å²) in [6.45, 7) is 9.59. The van der Waals surface area contributed by atoms with Crippen molar-refractivity contribution in [2.24, 2.45) is 0 Å². The van der Waals surface area contributed by atoms with Crippen molar-refractivity contribution >= 4 is 11.3 Å². The Labute approximate surface area is 84.4 Å². The highest BCUT2D eigenvalue weighted by molar-refractivity contribution is 7.11. The van der Waals surface area contributed by atoms with Gasteiger partial charge in [-0.05, 0) is 26.8 Å². The van der Waals surface area contributed by atoms with E-state index in [1.54, 1.807) is 0 Å². The maximum Gasteiger partial charge on any atom is 0.0928 e. The third-order valence-corrected chi connectivity index (χ3v) is 3.57. The van der Waals surface area contributed by atoms with E-state index in [1.165, 1.54) is 15.6 Å². The summed E-state index contributed by atoms with van der Waals surface area (Å²) in [5.41, 5.74) is 1.19. The zero-order valence-corrected chi connectivity index (χ0v) is 9.66. The first-order valence-electron chi connectivity index (χ1n) is 4.88. The van der Waals surface area contributed by atoms with E-state index in [1.807, 2.05) is 11.3 Å². The van der Waals surface area contributed by atoms with E-state index in [2.05, 4.69) is 38.0 Å². The third kappa shape index (κ3) is 2.51. The molecule has 3 heteroatoms. The Balaban J connectivity index is 2.80. The zero-order chi connectivity index (χ0) is 9.84. The van der Waals surface area contributed by atoms with Crippen molar-refractivity contribution < 1.29 is 0 Å². The summed E-state index contributed by atoms with van der Waals surface area (Å²) < 4.78 is 0. The van der Waals surface area contributed by atoms with E-state index in [9.17, 15) is 0 Å². The Morgan fingerprint density at radius 3 is 2.62 bits per heavy atom. The van der Waals surface area contributed by atoms with Gasteiger partial charge >= 0.3 is 0 Å². The zero-order valence-electron chi connectivity index (χ0n) is 8.85. The molecule has 13 heavy (non-hydrogen) atoms. The fraction of sp³-hybridized carbons (Fsp3) is 0.700. The van der Waals surface area contributed by atoms with Crippen LogP contribution in [0.3, 0.4) is 0 Å². The van der Waals surface area contributed by atoms with Crippen molar-refractivity contribution in [3.8, 4) is 0 Å². The Morgan fingerprint density at radius 2 is 2.15 bits per heavy atom. The fourth-order valence-corrected chi connectivity index (χ4v) is 2.45. The van der Waals surface area contributed by atoms with Gasteiger partial charge in [0.15, 0.2) is 0 Å². The number of hydrogen-bond acceptors (Lipinski definition) is 3. The molecule has 0 aliphatic heterocycles. The molecular weight excluding hydrogens is 180 g/mol. The fourth-order valence-electron chi connectivity index (χ4n) is 1.42. The lowest BCUT2D eigenvalue weighted by molar-refractivity contribution is 0.603. The van der Waals surface area contributed by atoms with E-state index in [-0.39, 0.29) is 0 Å². The molecule has 0 aromatic carbocycles. The monoisotopic (exact) mass is 198 g/mol. The van der Waals surface area contributed by atoms with Crippen molar-refractivity contribution in [3.63, 3.8) is 0 Å². The molecule has 0 radical (unpaired) electrons. The van der Waals surface area contributed by atoms with E-state index in [0.29, 0.717) is 6.04 Å². The van der Waals surface area contributed by atoms with Gasteiger partial charge in [-0.25, -0.2) is 4.98 Å². The van der Waals surface area contributed by atoms with Crippen LogP contribution in [0.25, 0.3) is 0 Å². The Morgan fingerprint density at radius 1 is 1.46 bits per heavy atom. The molecule has 1 heterocycles. The molecular formula is C10H18N2S. The van der Waals surface area contributed by atoms with Gasteiger partial charge in [0.05, 0.1) is 10.7 Å². The van der Waals surface area contributed by atoms with Gasteiger partial charge in [-0.1, -0.05) is 13.8 Å². The minimum atomic E-state index is 0.447. The number of aryl methyl sites for hydroxylation is 2. The quantitative estimate of drug-likeness (QED) is 0.804. The molecule has 0 amide bonds. The summed E-state index contributed by atoms with van der Waals surface area (Å²) in [4.78, 5) is 5.90. The minimum Gasteiger partial charge on any atom is -0.310 e. The maximum atomic E-state index is 4.51. The van der Waals surface area contributed by atoms with Crippen LogP contribution in [-0.4, -0.2) is 11.5 Å². The molecule has 1 atom stereocenters. The number of nitrogens with one attached hydrogen (secondary N) is 1. The number of hydrogen-bond donors (Lipinski definition) is 1. The van der Waals surface area contributed by atoms with Crippen LogP contribution in [0, 0.1) is 6.92 Å². The van der Waals surface area contributed by atoms with Gasteiger partial charge in [0.25, 0.3) is 0 Å². The predicted octanol–water partition coefficient (Wildman–Crippen LogP) is 2.68. The van der Waals surface area contributed by atoms with Crippen LogP contribution in [0.2, 0.25) is 0 Å². The van der Waals surface area contributed by atoms with Crippen molar-refractivity contribution in [3.05, 3.63) is 15.6 Å². The average Bonchev–Trinajstić information content (AvgIpc) is 2.47. The first-order valence-corrected chi connectivity index (χ1v) is 5.70. The molecule has 1 aromatic rings. The van der Waals surface area contributed by atoms with Gasteiger partial charge in [0.1, 0.15) is 0 Å². The third-order valence-electron chi connectivity index (χ3n) is 2.08. The van der Waals surface area contributed by atoms with Crippen molar-refractivity contribution in [2.45, 2.75) is 40.2 Å². The molecule has 1 unspecified atom stereocenters. The van der Waals surface area contributed by atoms with Gasteiger partial charge in [-0.3, -0.25) is 0 Å². The molecule has 0 aliphatic carbocycles. The summed E-state index contributed by atoms with van der Waals surface area (Å²) in [5.74, 6) is 0. The smallest absolute Gasteiger partial charge is 0.0928 e. The molecule has 1 N–H and O–H groups in total. The van der Waals surface area contributed by atoms with E-state index >= 15 is 0 Å². The van der Waals surface area contributed by atoms with Gasteiger partial charge in [-0.2, -0.15) is 0 Å². The highest BCUT2D eigenvalue weighted by Gasteiger charge is 2.11. The second-order valence-electron chi connectivity index (χ2n) is 3.19. The molecule has 0 spiro atoms. The van der Waals surface area contributed by atoms with Crippen LogP contribution < -0.4 is 5.32 Å². The van der Waals surface area contributed by atoms with Crippen molar-refractivity contribution in [1.29, 1.82) is 0 Å². The van der Waals surface area contributed by atoms with Crippen molar-refractivity contribution in [2.75, 3.05) is 6.54 Å². The summed E-state index contributed by atoms with van der Waals surface area (Å²) >= 11 is 1.83. The molecule has 0 saturated carbocycles. The largest absolute Gasteiger partial charge is 0.310 e. The lowest BCUT2D eigenvalue weighted by Crippen LogP contribution is -2.17. The normalized spacial score (nSPS) is 13.2. The van der Waals surface area contributed by atoms with E-state index < -0.39 is 0 Å². The lowest BCUT2D eigenvalue weighted by Gasteiger charge is -2.09. The number of aromatic nitrogens is 1. The Kier molecular flexibility index (Phi) is 3.88. The maximum absolute atomic E-state index is 4.51. The summed E-state index contributed by atoms with van der Waals surface area (Å²) in [5, 5.41) is 4.66. The van der Waals surface area contributed by atoms with Gasteiger partial charge < -0.3 is 5.32 Å². The molecule has 1 rings (SSSR count). The van der Waals surface area contributed by atoms with E-state index in [4.69, 9.17) is 0 Å². The molecule has 1 aromatic heterocycles. The van der Waals surface area contributed by atoms with Gasteiger partial charge in [0.2, 0.25) is 0 Å². The first-order chi connectivity index (χ1) is 6.19. The number of rotatable bonds is 4. The second-order valence-corrected chi connectivity index (χ2v) is 4.31. The minimum absolute atomic E-state index is 0.447. The molecule has 2 nitrogen and oxygen atoms in total. The summed E-state index contributed by atoms with van der Waals surface area (Å²) in [6, 6.07) is 0.447. The lowest BCUT2D eigenvalue weighted by atomic mass is 10.2. The standard InChI is InChI=1S/C10H18N2S/c1-5-9-12-8(4)10(13-9)7(3)11-6-2/h7,11H,5-6H2,1-4H3. The number of nitrogens with zero attached hydrogens (tertiary/aromatic N) is 1. The molecule has 0 bridgehead atoms. The van der Waals surface area contributed by atoms with Gasteiger partial charge in [-0.15, -0.1) is 11.3 Å². The highest BCUT2D eigenvalue weighted by Crippen LogP contribution is 2.24. The second kappa shape index (κ2) is 4.72. The predicted molar refractivity (Wildman–Crippen MR) is 58.3 cm³/mol. The first kappa shape index (κ1) is 10.7. The molecule has 0 aliphatic rings. The van der Waals surface area contributed by atoms with Crippen LogP contribution in [0.4, 0.5) is 0 Å². The number of thiazole rings is 1. The van der Waals surface area contributed by atoms with E-state index in [0.717, 1.165) is 13.0 Å². The van der Waals surface area contributed by atoms with Gasteiger partial charge in [0, 0.05) is 10.9 Å². The van der Waals surface area contributed by atoms with Crippen LogP contribution in [0.1, 0.15) is 42.4 Å².